The number of likely N-dealkylation sites (tertiary alicyclic amines) is 1. The van der Waals surface area contributed by atoms with Crippen LogP contribution in [0, 0.1) is 11.3 Å². The number of nitrogens with one attached hydrogen (secondary N) is 1. The molecule has 1 aliphatic heterocycles. The molecule has 1 amide bonds. The fourth-order valence-corrected chi connectivity index (χ4v) is 4.05. The molecule has 2 fully saturated rings. The zero-order chi connectivity index (χ0) is 19.3. The Morgan fingerprint density at radius 1 is 1.07 bits per heavy atom. The van der Waals surface area contributed by atoms with E-state index in [1.54, 1.807) is 18.3 Å². The second-order valence-corrected chi connectivity index (χ2v) is 7.62. The third-order valence-corrected chi connectivity index (χ3v) is 5.64. The van der Waals surface area contributed by atoms with Crippen molar-refractivity contribution in [3.05, 3.63) is 41.6 Å². The van der Waals surface area contributed by atoms with Crippen molar-refractivity contribution in [2.75, 3.05) is 18.4 Å². The van der Waals surface area contributed by atoms with Gasteiger partial charge in [0.15, 0.2) is 0 Å². The third kappa shape index (κ3) is 3.99. The first-order valence-electron chi connectivity index (χ1n) is 10.2. The van der Waals surface area contributed by atoms with Crippen LogP contribution in [-0.4, -0.2) is 39.9 Å². The molecule has 2 aromatic rings. The molecule has 1 aromatic carbocycles. The summed E-state index contributed by atoms with van der Waals surface area (Å²) in [7, 11) is 0. The highest BCUT2D eigenvalue weighted by Crippen LogP contribution is 2.27. The Labute approximate surface area is 165 Å². The Morgan fingerprint density at radius 3 is 2.46 bits per heavy atom. The van der Waals surface area contributed by atoms with Crippen molar-refractivity contribution >= 4 is 11.9 Å². The fraction of sp³-hybridized carbons (Fsp3) is 0.455. The monoisotopic (exact) mass is 375 g/mol. The van der Waals surface area contributed by atoms with E-state index in [0.717, 1.165) is 44.3 Å². The van der Waals surface area contributed by atoms with Gasteiger partial charge < -0.3 is 10.2 Å². The number of aromatic nitrogens is 2. The largest absolute Gasteiger partial charge is 0.351 e. The summed E-state index contributed by atoms with van der Waals surface area (Å²) in [6, 6.07) is 9.75. The molecule has 0 unspecified atom stereocenters. The molecule has 1 aromatic heterocycles. The maximum absolute atomic E-state index is 13.0. The summed E-state index contributed by atoms with van der Waals surface area (Å²) < 4.78 is 0. The lowest BCUT2D eigenvalue weighted by molar-refractivity contribution is 0.0793. The van der Waals surface area contributed by atoms with Crippen LogP contribution in [0.3, 0.4) is 0 Å². The molecule has 0 radical (unpaired) electrons. The van der Waals surface area contributed by atoms with Gasteiger partial charge in [-0.1, -0.05) is 31.4 Å². The summed E-state index contributed by atoms with van der Waals surface area (Å²) in [5, 5.41) is 12.5. The molecule has 1 N–H and O–H groups in total. The van der Waals surface area contributed by atoms with Crippen molar-refractivity contribution in [1.29, 1.82) is 5.26 Å². The van der Waals surface area contributed by atoms with Crippen molar-refractivity contribution in [1.82, 2.24) is 14.9 Å². The fourth-order valence-electron chi connectivity index (χ4n) is 4.05. The number of carbonyl (C=O) groups excluding carboxylic acids is 1. The number of hydrogen-bond donors (Lipinski definition) is 1. The summed E-state index contributed by atoms with van der Waals surface area (Å²) >= 11 is 0. The van der Waals surface area contributed by atoms with Gasteiger partial charge >= 0.3 is 0 Å². The topological polar surface area (TPSA) is 81.9 Å². The van der Waals surface area contributed by atoms with E-state index >= 15 is 0 Å². The van der Waals surface area contributed by atoms with Gasteiger partial charge in [0.25, 0.3) is 5.91 Å². The normalized spacial score (nSPS) is 17.3. The van der Waals surface area contributed by atoms with Gasteiger partial charge in [-0.15, -0.1) is 0 Å². The Balaban J connectivity index is 1.67. The standard InChI is InChI=1S/C22H25N5O/c23-14-16-8-10-17(11-9-16)20-19(21(28)27-12-4-5-13-27)15-24-22(26-20)25-18-6-2-1-3-7-18/h8-11,15,18H,1-7,12-13H2,(H,24,25,26). The van der Waals surface area contributed by atoms with Crippen LogP contribution in [0.5, 0.6) is 0 Å². The second kappa shape index (κ2) is 8.39. The number of hydrogen-bond acceptors (Lipinski definition) is 5. The zero-order valence-corrected chi connectivity index (χ0v) is 16.0. The molecule has 28 heavy (non-hydrogen) atoms. The van der Waals surface area contributed by atoms with Crippen LogP contribution in [0.25, 0.3) is 11.3 Å². The molecule has 4 rings (SSSR count). The van der Waals surface area contributed by atoms with E-state index in [2.05, 4.69) is 16.4 Å². The van der Waals surface area contributed by atoms with E-state index in [-0.39, 0.29) is 5.91 Å². The molecule has 144 valence electrons. The van der Waals surface area contributed by atoms with E-state index in [1.165, 1.54) is 19.3 Å². The minimum Gasteiger partial charge on any atom is -0.351 e. The summed E-state index contributed by atoms with van der Waals surface area (Å²) in [5.41, 5.74) is 2.58. The SMILES string of the molecule is N#Cc1ccc(-c2nc(NC3CCCCC3)ncc2C(=O)N2CCCC2)cc1. The average molecular weight is 375 g/mol. The Kier molecular flexibility index (Phi) is 5.52. The third-order valence-electron chi connectivity index (χ3n) is 5.64. The average Bonchev–Trinajstić information content (AvgIpc) is 3.29. The van der Waals surface area contributed by atoms with E-state index in [4.69, 9.17) is 10.2 Å². The predicted molar refractivity (Wildman–Crippen MR) is 108 cm³/mol. The highest BCUT2D eigenvalue weighted by molar-refractivity contribution is 6.00. The molecule has 0 atom stereocenters. The Bertz CT molecular complexity index is 875. The lowest BCUT2D eigenvalue weighted by Crippen LogP contribution is -2.29. The highest BCUT2D eigenvalue weighted by Gasteiger charge is 2.24. The van der Waals surface area contributed by atoms with Gasteiger partial charge in [-0.05, 0) is 37.8 Å². The Hall–Kier alpha value is -2.94. The number of carbonyl (C=O) groups is 1. The van der Waals surface area contributed by atoms with E-state index in [0.29, 0.717) is 28.8 Å². The van der Waals surface area contributed by atoms with Gasteiger partial charge in [-0.3, -0.25) is 4.79 Å². The minimum absolute atomic E-state index is 0.0129. The van der Waals surface area contributed by atoms with Gasteiger partial charge in [0.05, 0.1) is 22.9 Å². The van der Waals surface area contributed by atoms with Crippen LogP contribution in [0.1, 0.15) is 60.9 Å². The number of nitrogens with zero attached hydrogens (tertiary/aromatic N) is 4. The zero-order valence-electron chi connectivity index (χ0n) is 16.0. The molecular weight excluding hydrogens is 350 g/mol. The Morgan fingerprint density at radius 2 is 1.79 bits per heavy atom. The van der Waals surface area contributed by atoms with Gasteiger partial charge in [0.1, 0.15) is 0 Å². The van der Waals surface area contributed by atoms with Crippen LogP contribution in [0.15, 0.2) is 30.5 Å². The van der Waals surface area contributed by atoms with Crippen molar-refractivity contribution in [2.45, 2.75) is 51.0 Å². The number of rotatable bonds is 4. The number of nitriles is 1. The van der Waals surface area contributed by atoms with Crippen molar-refractivity contribution in [3.8, 4) is 17.3 Å². The lowest BCUT2D eigenvalue weighted by Gasteiger charge is -2.23. The highest BCUT2D eigenvalue weighted by atomic mass is 16.2. The maximum atomic E-state index is 13.0. The molecule has 6 nitrogen and oxygen atoms in total. The molecule has 0 bridgehead atoms. The van der Waals surface area contributed by atoms with Crippen LogP contribution in [0.4, 0.5) is 5.95 Å². The number of anilines is 1. The molecule has 0 spiro atoms. The van der Waals surface area contributed by atoms with Gasteiger partial charge in [0, 0.05) is 30.9 Å². The first-order chi connectivity index (χ1) is 13.7. The van der Waals surface area contributed by atoms with Crippen LogP contribution in [-0.2, 0) is 0 Å². The van der Waals surface area contributed by atoms with Crippen molar-refractivity contribution in [2.24, 2.45) is 0 Å². The van der Waals surface area contributed by atoms with Gasteiger partial charge in [-0.25, -0.2) is 9.97 Å². The molecule has 1 saturated carbocycles. The molecule has 6 heteroatoms. The minimum atomic E-state index is -0.0129. The van der Waals surface area contributed by atoms with E-state index in [1.807, 2.05) is 17.0 Å². The number of benzene rings is 1. The predicted octanol–water partition coefficient (Wildman–Crippen LogP) is 4.00. The summed E-state index contributed by atoms with van der Waals surface area (Å²) in [6.45, 7) is 1.57. The first-order valence-corrected chi connectivity index (χ1v) is 10.2. The lowest BCUT2D eigenvalue weighted by atomic mass is 9.96. The summed E-state index contributed by atoms with van der Waals surface area (Å²) in [4.78, 5) is 24.1. The van der Waals surface area contributed by atoms with Gasteiger partial charge in [-0.2, -0.15) is 5.26 Å². The maximum Gasteiger partial charge on any atom is 0.257 e. The van der Waals surface area contributed by atoms with E-state index in [9.17, 15) is 4.79 Å². The van der Waals surface area contributed by atoms with Crippen LogP contribution in [0.2, 0.25) is 0 Å². The molecular formula is C22H25N5O. The summed E-state index contributed by atoms with van der Waals surface area (Å²) in [6.07, 6.45) is 9.75. The van der Waals surface area contributed by atoms with Crippen LogP contribution < -0.4 is 5.32 Å². The molecule has 2 heterocycles. The second-order valence-electron chi connectivity index (χ2n) is 7.62. The van der Waals surface area contributed by atoms with Crippen LogP contribution >= 0.6 is 0 Å². The first kappa shape index (κ1) is 18.4. The molecule has 2 aliphatic rings. The molecule has 1 aliphatic carbocycles. The van der Waals surface area contributed by atoms with E-state index < -0.39 is 0 Å². The molecule has 1 saturated heterocycles. The smallest absolute Gasteiger partial charge is 0.257 e. The quantitative estimate of drug-likeness (QED) is 0.873. The van der Waals surface area contributed by atoms with Gasteiger partial charge in [0.2, 0.25) is 5.95 Å². The van der Waals surface area contributed by atoms with Crippen molar-refractivity contribution in [3.63, 3.8) is 0 Å². The van der Waals surface area contributed by atoms with Crippen molar-refractivity contribution < 1.29 is 4.79 Å². The number of amides is 1. The summed E-state index contributed by atoms with van der Waals surface area (Å²) in [5.74, 6) is 0.560.